The second kappa shape index (κ2) is 9.75. The van der Waals surface area contributed by atoms with E-state index in [1.807, 2.05) is 0 Å². The lowest BCUT2D eigenvalue weighted by atomic mass is 10.1. The maximum absolute atomic E-state index is 12.2. The molecule has 0 bridgehead atoms. The van der Waals surface area contributed by atoms with E-state index in [0.717, 1.165) is 4.47 Å². The number of rotatable bonds is 7. The van der Waals surface area contributed by atoms with Crippen LogP contribution in [-0.4, -0.2) is 43.9 Å². The molecule has 3 N–H and O–H groups in total. The fourth-order valence-electron chi connectivity index (χ4n) is 2.31. The number of ether oxygens (including phenoxy) is 2. The summed E-state index contributed by atoms with van der Waals surface area (Å²) in [5.41, 5.74) is 3.73. The van der Waals surface area contributed by atoms with Crippen molar-refractivity contribution >= 4 is 34.0 Å². The van der Waals surface area contributed by atoms with Crippen molar-refractivity contribution in [3.05, 3.63) is 51.5 Å². The first-order valence-corrected chi connectivity index (χ1v) is 8.96. The molecular formula is C19H20BrN3O5. The third-order valence-corrected chi connectivity index (χ3v) is 4.20. The average Bonchev–Trinajstić information content (AvgIpc) is 2.69. The molecule has 2 amide bonds. The van der Waals surface area contributed by atoms with Crippen molar-refractivity contribution in [1.82, 2.24) is 10.7 Å². The fraction of sp³-hybridized carbons (Fsp3) is 0.211. The number of benzene rings is 2. The molecule has 0 aliphatic heterocycles. The number of methoxy groups -OCH3 is 2. The van der Waals surface area contributed by atoms with Crippen molar-refractivity contribution in [3.8, 4) is 17.2 Å². The van der Waals surface area contributed by atoms with Gasteiger partial charge in [-0.1, -0.05) is 15.9 Å². The third kappa shape index (κ3) is 5.46. The second-order valence-electron chi connectivity index (χ2n) is 5.71. The molecule has 2 rings (SSSR count). The molecule has 0 aliphatic rings. The van der Waals surface area contributed by atoms with E-state index < -0.39 is 11.8 Å². The zero-order valence-corrected chi connectivity index (χ0v) is 17.2. The number of carbonyl (C=O) groups is 2. The summed E-state index contributed by atoms with van der Waals surface area (Å²) in [6.45, 7) is 1.48. The number of phenols is 1. The van der Waals surface area contributed by atoms with Crippen LogP contribution in [0.25, 0.3) is 0 Å². The minimum absolute atomic E-state index is 0.0722. The average molecular weight is 450 g/mol. The number of aryl methyl sites for hydroxylation is 1. The minimum Gasteiger partial charge on any atom is -0.507 e. The van der Waals surface area contributed by atoms with E-state index in [1.54, 1.807) is 31.2 Å². The second-order valence-corrected chi connectivity index (χ2v) is 6.62. The number of amides is 2. The van der Waals surface area contributed by atoms with E-state index in [2.05, 4.69) is 31.8 Å². The van der Waals surface area contributed by atoms with Crippen LogP contribution in [0.1, 0.15) is 21.5 Å². The van der Waals surface area contributed by atoms with Crippen LogP contribution in [0.4, 0.5) is 0 Å². The topological polar surface area (TPSA) is 109 Å². The summed E-state index contributed by atoms with van der Waals surface area (Å²) in [5.74, 6) is 0.0186. The lowest BCUT2D eigenvalue weighted by Gasteiger charge is -2.09. The van der Waals surface area contributed by atoms with Crippen LogP contribution in [0, 0.1) is 6.92 Å². The van der Waals surface area contributed by atoms with Gasteiger partial charge < -0.3 is 19.9 Å². The molecule has 0 unspecified atom stereocenters. The highest BCUT2D eigenvalue weighted by molar-refractivity contribution is 9.10. The predicted octanol–water partition coefficient (Wildman–Crippen LogP) is 2.36. The summed E-state index contributed by atoms with van der Waals surface area (Å²) in [4.78, 5) is 24.0. The summed E-state index contributed by atoms with van der Waals surface area (Å²) >= 11 is 3.33. The van der Waals surface area contributed by atoms with E-state index in [4.69, 9.17) is 9.47 Å². The molecule has 0 spiro atoms. The van der Waals surface area contributed by atoms with E-state index in [9.17, 15) is 14.7 Å². The molecule has 0 fully saturated rings. The summed E-state index contributed by atoms with van der Waals surface area (Å²) in [7, 11) is 2.97. The Morgan fingerprint density at radius 2 is 1.89 bits per heavy atom. The molecule has 9 heteroatoms. The molecule has 148 valence electrons. The molecule has 2 aromatic carbocycles. The Labute approximate surface area is 170 Å². The van der Waals surface area contributed by atoms with Gasteiger partial charge in [0.05, 0.1) is 27.0 Å². The standard InChI is InChI=1S/C19H20BrN3O5/c1-11-6-14(20)7-13(18(11)25)9-22-23-17(24)10-21-19(26)12-4-5-15(27-2)16(8-12)28-3/h4-9,25H,10H2,1-3H3,(H,21,26)(H,23,24)/b22-9+. The number of carbonyl (C=O) groups excluding carboxylic acids is 2. The molecule has 28 heavy (non-hydrogen) atoms. The van der Waals surface area contributed by atoms with Crippen molar-refractivity contribution in [3.63, 3.8) is 0 Å². The molecule has 0 saturated heterocycles. The Balaban J connectivity index is 1.91. The van der Waals surface area contributed by atoms with Gasteiger partial charge in [0.15, 0.2) is 11.5 Å². The lowest BCUT2D eigenvalue weighted by Crippen LogP contribution is -2.34. The van der Waals surface area contributed by atoms with Crippen molar-refractivity contribution in [2.75, 3.05) is 20.8 Å². The van der Waals surface area contributed by atoms with Gasteiger partial charge in [0.25, 0.3) is 11.8 Å². The van der Waals surface area contributed by atoms with Gasteiger partial charge in [0.1, 0.15) is 5.75 Å². The number of halogens is 1. The molecule has 2 aromatic rings. The molecule has 0 aromatic heterocycles. The van der Waals surface area contributed by atoms with Gasteiger partial charge in [-0.25, -0.2) is 5.43 Å². The summed E-state index contributed by atoms with van der Waals surface area (Å²) < 4.78 is 11.0. The maximum Gasteiger partial charge on any atom is 0.259 e. The first-order chi connectivity index (χ1) is 13.3. The van der Waals surface area contributed by atoms with E-state index in [-0.39, 0.29) is 12.3 Å². The van der Waals surface area contributed by atoms with Gasteiger partial charge >= 0.3 is 0 Å². The Morgan fingerprint density at radius 3 is 2.57 bits per heavy atom. The normalized spacial score (nSPS) is 10.6. The quantitative estimate of drug-likeness (QED) is 0.443. The van der Waals surface area contributed by atoms with E-state index in [0.29, 0.717) is 28.2 Å². The van der Waals surface area contributed by atoms with Crippen LogP contribution in [0.5, 0.6) is 17.2 Å². The smallest absolute Gasteiger partial charge is 0.259 e. The maximum atomic E-state index is 12.2. The number of aromatic hydroxyl groups is 1. The lowest BCUT2D eigenvalue weighted by molar-refractivity contribution is -0.120. The highest BCUT2D eigenvalue weighted by Crippen LogP contribution is 2.27. The van der Waals surface area contributed by atoms with Gasteiger partial charge in [0, 0.05) is 15.6 Å². The highest BCUT2D eigenvalue weighted by atomic mass is 79.9. The first kappa shape index (κ1) is 21.2. The first-order valence-electron chi connectivity index (χ1n) is 8.17. The van der Waals surface area contributed by atoms with Crippen LogP contribution in [0.3, 0.4) is 0 Å². The highest BCUT2D eigenvalue weighted by Gasteiger charge is 2.12. The number of hydrazone groups is 1. The molecular weight excluding hydrogens is 430 g/mol. The number of hydrogen-bond acceptors (Lipinski definition) is 6. The van der Waals surface area contributed by atoms with Gasteiger partial charge in [-0.2, -0.15) is 5.10 Å². The van der Waals surface area contributed by atoms with Gasteiger partial charge in [0.2, 0.25) is 0 Å². The van der Waals surface area contributed by atoms with Crippen LogP contribution in [0.15, 0.2) is 39.9 Å². The fourth-order valence-corrected chi connectivity index (χ4v) is 2.90. The van der Waals surface area contributed by atoms with Gasteiger partial charge in [-0.15, -0.1) is 0 Å². The zero-order valence-electron chi connectivity index (χ0n) is 15.6. The zero-order chi connectivity index (χ0) is 20.7. The van der Waals surface area contributed by atoms with E-state index in [1.165, 1.54) is 26.5 Å². The molecule has 0 aliphatic carbocycles. The van der Waals surface area contributed by atoms with Crippen LogP contribution in [-0.2, 0) is 4.79 Å². The Bertz CT molecular complexity index is 915. The van der Waals surface area contributed by atoms with Crippen molar-refractivity contribution in [2.45, 2.75) is 6.92 Å². The molecule has 0 radical (unpaired) electrons. The van der Waals surface area contributed by atoms with Gasteiger partial charge in [-0.3, -0.25) is 9.59 Å². The van der Waals surface area contributed by atoms with Crippen LogP contribution < -0.4 is 20.2 Å². The Morgan fingerprint density at radius 1 is 1.18 bits per heavy atom. The van der Waals surface area contributed by atoms with E-state index >= 15 is 0 Å². The van der Waals surface area contributed by atoms with Gasteiger partial charge in [-0.05, 0) is 42.8 Å². The monoisotopic (exact) mass is 449 g/mol. The van der Waals surface area contributed by atoms with Crippen molar-refractivity contribution < 1.29 is 24.2 Å². The molecule has 0 heterocycles. The molecule has 8 nitrogen and oxygen atoms in total. The third-order valence-electron chi connectivity index (χ3n) is 3.74. The Hall–Kier alpha value is -3.07. The number of nitrogens with one attached hydrogen (secondary N) is 2. The van der Waals surface area contributed by atoms with Crippen LogP contribution in [0.2, 0.25) is 0 Å². The summed E-state index contributed by atoms with van der Waals surface area (Å²) in [5, 5.41) is 16.2. The van der Waals surface area contributed by atoms with Crippen molar-refractivity contribution in [2.24, 2.45) is 5.10 Å². The Kier molecular flexibility index (Phi) is 7.39. The number of hydrogen-bond donors (Lipinski definition) is 3. The SMILES string of the molecule is COc1ccc(C(=O)NCC(=O)N/N=C/c2cc(Br)cc(C)c2O)cc1OC. The summed E-state index contributed by atoms with van der Waals surface area (Å²) in [6, 6.07) is 8.10. The number of phenolic OH excluding ortho intramolecular Hbond substituents is 1. The van der Waals surface area contributed by atoms with Crippen LogP contribution >= 0.6 is 15.9 Å². The summed E-state index contributed by atoms with van der Waals surface area (Å²) in [6.07, 6.45) is 1.32. The van der Waals surface area contributed by atoms with Crippen molar-refractivity contribution in [1.29, 1.82) is 0 Å². The number of nitrogens with zero attached hydrogens (tertiary/aromatic N) is 1. The molecule has 0 atom stereocenters. The molecule has 0 saturated carbocycles. The minimum atomic E-state index is -0.517. The predicted molar refractivity (Wildman–Crippen MR) is 108 cm³/mol. The largest absolute Gasteiger partial charge is 0.507 e.